The highest BCUT2D eigenvalue weighted by atomic mass is 16.6. The van der Waals surface area contributed by atoms with E-state index in [1.54, 1.807) is 0 Å². The predicted molar refractivity (Wildman–Crippen MR) is 279 cm³/mol. The summed E-state index contributed by atoms with van der Waals surface area (Å²) in [6, 6.07) is 0. The van der Waals surface area contributed by atoms with Crippen LogP contribution in [0.4, 0.5) is 0 Å². The fourth-order valence-electron chi connectivity index (χ4n) is 6.37. The number of carbonyl (C=O) groups is 3. The van der Waals surface area contributed by atoms with Crippen LogP contribution in [0.5, 0.6) is 0 Å². The highest BCUT2D eigenvalue weighted by molar-refractivity contribution is 5.71. The normalized spacial score (nSPS) is 13.2. The summed E-state index contributed by atoms with van der Waals surface area (Å²) in [6.07, 6.45) is 73.3. The van der Waals surface area contributed by atoms with Gasteiger partial charge < -0.3 is 14.2 Å². The van der Waals surface area contributed by atoms with Gasteiger partial charge in [-0.2, -0.15) is 0 Å². The van der Waals surface area contributed by atoms with Gasteiger partial charge in [0.05, 0.1) is 0 Å². The minimum atomic E-state index is -0.825. The number of esters is 3. The van der Waals surface area contributed by atoms with E-state index < -0.39 is 12.1 Å². The molecule has 0 N–H and O–H groups in total. The van der Waals surface area contributed by atoms with Gasteiger partial charge in [0, 0.05) is 19.3 Å². The monoisotopic (exact) mass is 897 g/mol. The molecule has 0 saturated carbocycles. The topological polar surface area (TPSA) is 78.9 Å². The number of hydrogen-bond donors (Lipinski definition) is 0. The van der Waals surface area contributed by atoms with E-state index in [2.05, 4.69) is 142 Å². The molecule has 0 aromatic rings. The predicted octanol–water partition coefficient (Wildman–Crippen LogP) is 17.1. The van der Waals surface area contributed by atoms with Crippen LogP contribution >= 0.6 is 0 Å². The lowest BCUT2D eigenvalue weighted by Crippen LogP contribution is -2.30. The third kappa shape index (κ3) is 50.4. The van der Waals surface area contributed by atoms with E-state index in [1.807, 2.05) is 12.2 Å². The SMILES string of the molecule is CC/C=C\C/C=C\C/C=C\C/C=C\C/C=C\C/C=C\C/C=C\CCCCCCCC(=O)OCC(COC(=O)CCCCCCCCC)OC(=O)CC/C=C\C/C=C\C/C=C\C/C=C\CC. The molecule has 0 rings (SSSR count). The summed E-state index contributed by atoms with van der Waals surface area (Å²) in [6.45, 7) is 6.25. The molecule has 0 aromatic heterocycles. The van der Waals surface area contributed by atoms with Gasteiger partial charge in [-0.25, -0.2) is 0 Å². The Labute approximate surface area is 398 Å². The van der Waals surface area contributed by atoms with Gasteiger partial charge in [0.1, 0.15) is 13.2 Å². The number of unbranched alkanes of at least 4 members (excludes halogenated alkanes) is 11. The molecule has 1 unspecified atom stereocenters. The molecule has 65 heavy (non-hydrogen) atoms. The Morgan fingerprint density at radius 2 is 0.631 bits per heavy atom. The van der Waals surface area contributed by atoms with Crippen molar-refractivity contribution >= 4 is 17.9 Å². The highest BCUT2D eigenvalue weighted by Gasteiger charge is 2.19. The summed E-state index contributed by atoms with van der Waals surface area (Å²) in [7, 11) is 0. The Bertz CT molecular complexity index is 1450. The fourth-order valence-corrected chi connectivity index (χ4v) is 6.37. The molecule has 0 aliphatic carbocycles. The van der Waals surface area contributed by atoms with Crippen molar-refractivity contribution in [2.45, 2.75) is 207 Å². The molecule has 6 heteroatoms. The maximum Gasteiger partial charge on any atom is 0.306 e. The molecule has 0 saturated heterocycles. The maximum atomic E-state index is 12.7. The van der Waals surface area contributed by atoms with Gasteiger partial charge in [-0.3, -0.25) is 14.4 Å². The maximum absolute atomic E-state index is 12.7. The van der Waals surface area contributed by atoms with Gasteiger partial charge in [0.15, 0.2) is 6.10 Å². The molecular formula is C59H92O6. The van der Waals surface area contributed by atoms with Gasteiger partial charge >= 0.3 is 17.9 Å². The first-order chi connectivity index (χ1) is 32.0. The van der Waals surface area contributed by atoms with Crippen LogP contribution in [0, 0.1) is 0 Å². The molecular weight excluding hydrogens is 805 g/mol. The molecule has 0 aliphatic heterocycles. The van der Waals surface area contributed by atoms with Crippen molar-refractivity contribution in [2.24, 2.45) is 0 Å². The number of allylic oxidation sites excluding steroid dienone is 22. The van der Waals surface area contributed by atoms with E-state index in [0.29, 0.717) is 19.3 Å². The fraction of sp³-hybridized carbons (Fsp3) is 0.576. The van der Waals surface area contributed by atoms with E-state index in [0.717, 1.165) is 128 Å². The van der Waals surface area contributed by atoms with Crippen LogP contribution < -0.4 is 0 Å². The first-order valence-electron chi connectivity index (χ1n) is 25.7. The quantitative estimate of drug-likeness (QED) is 0.0262. The Morgan fingerprint density at radius 3 is 1.00 bits per heavy atom. The lowest BCUT2D eigenvalue weighted by molar-refractivity contribution is -0.166. The molecule has 0 heterocycles. The van der Waals surface area contributed by atoms with Crippen LogP contribution in [0.25, 0.3) is 0 Å². The van der Waals surface area contributed by atoms with Crippen molar-refractivity contribution in [1.29, 1.82) is 0 Å². The van der Waals surface area contributed by atoms with Crippen LogP contribution in [-0.2, 0) is 28.6 Å². The largest absolute Gasteiger partial charge is 0.462 e. The second-order valence-electron chi connectivity index (χ2n) is 16.3. The van der Waals surface area contributed by atoms with Gasteiger partial charge in [0.25, 0.3) is 0 Å². The van der Waals surface area contributed by atoms with E-state index in [4.69, 9.17) is 14.2 Å². The molecule has 0 fully saturated rings. The second-order valence-corrected chi connectivity index (χ2v) is 16.3. The van der Waals surface area contributed by atoms with E-state index in [1.165, 1.54) is 25.7 Å². The van der Waals surface area contributed by atoms with Crippen molar-refractivity contribution in [3.05, 3.63) is 134 Å². The van der Waals surface area contributed by atoms with Gasteiger partial charge in [0.2, 0.25) is 0 Å². The Hall–Kier alpha value is -4.45. The lowest BCUT2D eigenvalue weighted by atomic mass is 10.1. The van der Waals surface area contributed by atoms with Crippen molar-refractivity contribution in [3.63, 3.8) is 0 Å². The van der Waals surface area contributed by atoms with Crippen LogP contribution in [-0.4, -0.2) is 37.2 Å². The number of carbonyl (C=O) groups excluding carboxylic acids is 3. The summed E-state index contributed by atoms with van der Waals surface area (Å²) in [5.41, 5.74) is 0. The van der Waals surface area contributed by atoms with Gasteiger partial charge in [-0.1, -0.05) is 212 Å². The Balaban J connectivity index is 4.32. The zero-order chi connectivity index (χ0) is 47.2. The molecule has 0 aromatic carbocycles. The number of rotatable bonds is 44. The van der Waals surface area contributed by atoms with Crippen molar-refractivity contribution in [3.8, 4) is 0 Å². The van der Waals surface area contributed by atoms with Crippen molar-refractivity contribution < 1.29 is 28.6 Å². The standard InChI is InChI=1S/C59H92O6/c1-4-7-10-13-16-18-20-22-23-24-25-26-27-28-29-30-31-32-33-34-35-37-38-40-43-46-49-52-58(61)64-55-56(54-63-57(60)51-48-45-42-15-12-9-6-3)65-59(62)53-50-47-44-41-39-36-21-19-17-14-11-8-5-2/h7-8,10-11,16-19,22-23,25-26,28-29,31-32,34-36,39,44,47,56H,4-6,9,12-15,20-21,24,27,30,33,37-38,40-43,45-46,48-55H2,1-3H3/b10-7-,11-8-,18-16-,19-17-,23-22-,26-25-,29-28-,32-31-,35-34-,39-36-,47-44-. The summed E-state index contributed by atoms with van der Waals surface area (Å²) >= 11 is 0. The van der Waals surface area contributed by atoms with Crippen LogP contribution in [0.2, 0.25) is 0 Å². The van der Waals surface area contributed by atoms with Crippen LogP contribution in [0.3, 0.4) is 0 Å². The first kappa shape index (κ1) is 60.5. The third-order valence-electron chi connectivity index (χ3n) is 10.2. The second kappa shape index (κ2) is 52.2. The Morgan fingerprint density at radius 1 is 0.323 bits per heavy atom. The van der Waals surface area contributed by atoms with Crippen LogP contribution in [0.15, 0.2) is 134 Å². The van der Waals surface area contributed by atoms with Gasteiger partial charge in [-0.05, 0) is 103 Å². The summed E-state index contributed by atoms with van der Waals surface area (Å²) in [5, 5.41) is 0. The van der Waals surface area contributed by atoms with Crippen molar-refractivity contribution in [2.75, 3.05) is 13.2 Å². The summed E-state index contributed by atoms with van der Waals surface area (Å²) in [4.78, 5) is 37.7. The minimum Gasteiger partial charge on any atom is -0.462 e. The average molecular weight is 897 g/mol. The van der Waals surface area contributed by atoms with Gasteiger partial charge in [-0.15, -0.1) is 0 Å². The van der Waals surface area contributed by atoms with E-state index in [9.17, 15) is 14.4 Å². The molecule has 0 spiro atoms. The zero-order valence-electron chi connectivity index (χ0n) is 41.4. The smallest absolute Gasteiger partial charge is 0.306 e. The zero-order valence-corrected chi connectivity index (χ0v) is 41.4. The molecule has 0 bridgehead atoms. The molecule has 6 nitrogen and oxygen atoms in total. The lowest BCUT2D eigenvalue weighted by Gasteiger charge is -2.18. The highest BCUT2D eigenvalue weighted by Crippen LogP contribution is 2.12. The van der Waals surface area contributed by atoms with Crippen LogP contribution in [0.1, 0.15) is 201 Å². The molecule has 0 amide bonds. The third-order valence-corrected chi connectivity index (χ3v) is 10.2. The average Bonchev–Trinajstić information content (AvgIpc) is 3.30. The Kier molecular flexibility index (Phi) is 48.6. The first-order valence-corrected chi connectivity index (χ1v) is 25.7. The molecule has 0 radical (unpaired) electrons. The number of ether oxygens (including phenoxy) is 3. The molecule has 1 atom stereocenters. The summed E-state index contributed by atoms with van der Waals surface area (Å²) in [5.74, 6) is -1.04. The van der Waals surface area contributed by atoms with Crippen molar-refractivity contribution in [1.82, 2.24) is 0 Å². The van der Waals surface area contributed by atoms with E-state index >= 15 is 0 Å². The summed E-state index contributed by atoms with van der Waals surface area (Å²) < 4.78 is 16.6. The number of hydrogen-bond acceptors (Lipinski definition) is 6. The minimum absolute atomic E-state index is 0.117. The molecule has 0 aliphatic rings. The molecule has 364 valence electrons. The van der Waals surface area contributed by atoms with E-state index in [-0.39, 0.29) is 31.6 Å².